The van der Waals surface area contributed by atoms with Crippen molar-refractivity contribution in [1.29, 1.82) is 0 Å². The molecule has 0 fully saturated rings. The van der Waals surface area contributed by atoms with E-state index in [1.807, 2.05) is 49.6 Å². The lowest BCUT2D eigenvalue weighted by Gasteiger charge is -2.29. The normalized spacial score (nSPS) is 14.3. The number of rotatable bonds is 4. The van der Waals surface area contributed by atoms with Crippen LogP contribution in [-0.4, -0.2) is 16.7 Å². The maximum Gasteiger partial charge on any atom is 0.183 e. The number of aliphatic hydroxyl groups is 1. The second kappa shape index (κ2) is 4.85. The van der Waals surface area contributed by atoms with E-state index in [1.165, 1.54) is 0 Å². The molecule has 0 bridgehead atoms. The van der Waals surface area contributed by atoms with Gasteiger partial charge < -0.3 is 10.4 Å². The van der Waals surface area contributed by atoms with Crippen molar-refractivity contribution in [3.63, 3.8) is 0 Å². The molecule has 3 nitrogen and oxygen atoms in total. The molecule has 0 saturated carbocycles. The van der Waals surface area contributed by atoms with E-state index in [0.29, 0.717) is 0 Å². The molecular weight excluding hydrogens is 232 g/mol. The maximum atomic E-state index is 9.62. The van der Waals surface area contributed by atoms with Gasteiger partial charge in [0.1, 0.15) is 0 Å². The second-order valence-electron chi connectivity index (χ2n) is 4.28. The molecule has 0 amide bonds. The predicted molar refractivity (Wildman–Crippen MR) is 71.4 cm³/mol. The zero-order valence-electron chi connectivity index (χ0n) is 9.97. The Bertz CT molecular complexity index is 483. The predicted octanol–water partition coefficient (Wildman–Crippen LogP) is 2.77. The monoisotopic (exact) mass is 248 g/mol. The summed E-state index contributed by atoms with van der Waals surface area (Å²) in [5.41, 5.74) is 1.55. The number of hydrogen-bond acceptors (Lipinski definition) is 4. The summed E-state index contributed by atoms with van der Waals surface area (Å²) in [7, 11) is 0. The van der Waals surface area contributed by atoms with E-state index in [9.17, 15) is 5.11 Å². The topological polar surface area (TPSA) is 45.1 Å². The molecule has 2 rings (SSSR count). The largest absolute Gasteiger partial charge is 0.394 e. The average Bonchev–Trinajstić information content (AvgIpc) is 2.75. The van der Waals surface area contributed by atoms with Crippen LogP contribution < -0.4 is 5.32 Å². The highest BCUT2D eigenvalue weighted by Gasteiger charge is 2.26. The third-order valence-electron chi connectivity index (χ3n) is 2.73. The minimum Gasteiger partial charge on any atom is -0.394 e. The lowest BCUT2D eigenvalue weighted by Crippen LogP contribution is -2.35. The quantitative estimate of drug-likeness (QED) is 0.874. The molecule has 1 atom stereocenters. The van der Waals surface area contributed by atoms with E-state index in [4.69, 9.17) is 0 Å². The van der Waals surface area contributed by atoms with Crippen LogP contribution in [0.1, 0.15) is 18.2 Å². The van der Waals surface area contributed by atoms with E-state index in [2.05, 4.69) is 10.3 Å². The smallest absolute Gasteiger partial charge is 0.183 e. The molecule has 0 aliphatic rings. The van der Waals surface area contributed by atoms with E-state index < -0.39 is 5.54 Å². The van der Waals surface area contributed by atoms with Crippen molar-refractivity contribution in [3.8, 4) is 0 Å². The molecule has 2 N–H and O–H groups in total. The van der Waals surface area contributed by atoms with Gasteiger partial charge in [0.25, 0.3) is 0 Å². The Morgan fingerprint density at radius 3 is 2.59 bits per heavy atom. The fraction of sp³-hybridized carbons (Fsp3) is 0.308. The fourth-order valence-corrected chi connectivity index (χ4v) is 2.47. The van der Waals surface area contributed by atoms with Gasteiger partial charge in [-0.15, -0.1) is 11.3 Å². The van der Waals surface area contributed by atoms with Crippen LogP contribution in [0.25, 0.3) is 0 Å². The molecule has 0 saturated heterocycles. The molecule has 0 spiro atoms. The van der Waals surface area contributed by atoms with E-state index >= 15 is 0 Å². The molecule has 1 heterocycles. The number of hydrogen-bond donors (Lipinski definition) is 2. The number of nitrogens with zero attached hydrogens (tertiary/aromatic N) is 1. The number of thiazole rings is 1. The van der Waals surface area contributed by atoms with Crippen molar-refractivity contribution in [3.05, 3.63) is 47.0 Å². The summed E-state index contributed by atoms with van der Waals surface area (Å²) in [6, 6.07) is 9.91. The van der Waals surface area contributed by atoms with Crippen LogP contribution in [0.15, 0.2) is 35.7 Å². The molecule has 90 valence electrons. The third-order valence-corrected chi connectivity index (χ3v) is 3.60. The molecular formula is C13H16N2OS. The van der Waals surface area contributed by atoms with Gasteiger partial charge >= 0.3 is 0 Å². The summed E-state index contributed by atoms with van der Waals surface area (Å²) in [5, 5.41) is 15.7. The number of nitrogens with one attached hydrogen (secondary N) is 1. The van der Waals surface area contributed by atoms with Gasteiger partial charge in [0.05, 0.1) is 17.8 Å². The number of aryl methyl sites for hydroxylation is 1. The zero-order chi connectivity index (χ0) is 12.3. The highest BCUT2D eigenvalue weighted by atomic mass is 32.1. The van der Waals surface area contributed by atoms with E-state index in [1.54, 1.807) is 11.3 Å². The zero-order valence-corrected chi connectivity index (χ0v) is 10.8. The van der Waals surface area contributed by atoms with Crippen molar-refractivity contribution in [2.45, 2.75) is 19.4 Å². The van der Waals surface area contributed by atoms with Gasteiger partial charge in [-0.25, -0.2) is 4.98 Å². The highest BCUT2D eigenvalue weighted by Crippen LogP contribution is 2.27. The summed E-state index contributed by atoms with van der Waals surface area (Å²) in [6.07, 6.45) is 0. The number of anilines is 1. The van der Waals surface area contributed by atoms with Crippen molar-refractivity contribution in [1.82, 2.24) is 4.98 Å². The lowest BCUT2D eigenvalue weighted by molar-refractivity contribution is 0.224. The summed E-state index contributed by atoms with van der Waals surface area (Å²) < 4.78 is 0. The van der Waals surface area contributed by atoms with Crippen LogP contribution in [-0.2, 0) is 5.54 Å². The van der Waals surface area contributed by atoms with Crippen molar-refractivity contribution in [2.24, 2.45) is 0 Å². The Morgan fingerprint density at radius 1 is 1.35 bits per heavy atom. The first-order valence-corrected chi connectivity index (χ1v) is 6.39. The summed E-state index contributed by atoms with van der Waals surface area (Å²) in [6.45, 7) is 3.95. The Morgan fingerprint density at radius 2 is 2.06 bits per heavy atom. The van der Waals surface area contributed by atoms with Crippen LogP contribution >= 0.6 is 11.3 Å². The van der Waals surface area contributed by atoms with Crippen LogP contribution in [0.3, 0.4) is 0 Å². The van der Waals surface area contributed by atoms with Crippen LogP contribution in [0.2, 0.25) is 0 Å². The molecule has 1 aromatic heterocycles. The van der Waals surface area contributed by atoms with Gasteiger partial charge in [0, 0.05) is 5.38 Å². The molecule has 0 aliphatic heterocycles. The van der Waals surface area contributed by atoms with Gasteiger partial charge in [-0.2, -0.15) is 0 Å². The van der Waals surface area contributed by atoms with Crippen LogP contribution in [0, 0.1) is 6.92 Å². The summed E-state index contributed by atoms with van der Waals surface area (Å²) >= 11 is 1.55. The van der Waals surface area contributed by atoms with E-state index in [0.717, 1.165) is 16.4 Å². The highest BCUT2D eigenvalue weighted by molar-refractivity contribution is 7.13. The van der Waals surface area contributed by atoms with Crippen molar-refractivity contribution < 1.29 is 5.11 Å². The maximum absolute atomic E-state index is 9.62. The Labute approximate surface area is 105 Å². The van der Waals surface area contributed by atoms with Crippen molar-refractivity contribution in [2.75, 3.05) is 11.9 Å². The molecule has 1 unspecified atom stereocenters. The Balaban J connectivity index is 2.26. The molecule has 2 aromatic rings. The first-order valence-electron chi connectivity index (χ1n) is 5.51. The van der Waals surface area contributed by atoms with E-state index in [-0.39, 0.29) is 6.61 Å². The van der Waals surface area contributed by atoms with Gasteiger partial charge in [-0.1, -0.05) is 30.3 Å². The number of aromatic nitrogens is 1. The Hall–Kier alpha value is -1.39. The fourth-order valence-electron chi connectivity index (χ4n) is 1.66. The Kier molecular flexibility index (Phi) is 3.45. The standard InChI is InChI=1S/C13H16N2OS/c1-10-8-17-12(14-10)15-13(2,9-16)11-6-4-3-5-7-11/h3-8,16H,9H2,1-2H3,(H,14,15). The second-order valence-corrected chi connectivity index (χ2v) is 5.13. The van der Waals surface area contributed by atoms with Gasteiger partial charge in [0.2, 0.25) is 0 Å². The number of benzene rings is 1. The molecule has 17 heavy (non-hydrogen) atoms. The van der Waals surface area contributed by atoms with Crippen molar-refractivity contribution >= 4 is 16.5 Å². The minimum absolute atomic E-state index is 0.0235. The molecule has 4 heteroatoms. The summed E-state index contributed by atoms with van der Waals surface area (Å²) in [4.78, 5) is 4.37. The summed E-state index contributed by atoms with van der Waals surface area (Å²) in [5.74, 6) is 0. The molecule has 0 aliphatic carbocycles. The van der Waals surface area contributed by atoms with Crippen LogP contribution in [0.5, 0.6) is 0 Å². The van der Waals surface area contributed by atoms with Crippen LogP contribution in [0.4, 0.5) is 5.13 Å². The first kappa shape index (κ1) is 12.1. The van der Waals surface area contributed by atoms with Gasteiger partial charge in [-0.05, 0) is 19.4 Å². The SMILES string of the molecule is Cc1csc(NC(C)(CO)c2ccccc2)n1. The third kappa shape index (κ3) is 2.65. The molecule has 0 radical (unpaired) electrons. The molecule has 1 aromatic carbocycles. The van der Waals surface area contributed by atoms with Gasteiger partial charge in [-0.3, -0.25) is 0 Å². The van der Waals surface area contributed by atoms with Gasteiger partial charge in [0.15, 0.2) is 5.13 Å². The average molecular weight is 248 g/mol. The lowest BCUT2D eigenvalue weighted by atomic mass is 9.93. The minimum atomic E-state index is -0.494. The first-order chi connectivity index (χ1) is 8.14. The number of aliphatic hydroxyl groups excluding tert-OH is 1.